The number of nitrogens with two attached hydrogens (primary N) is 1. The Balaban J connectivity index is 3.00. The Morgan fingerprint density at radius 2 is 2.57 bits per heavy atom. The first-order chi connectivity index (χ1) is 3.31. The predicted molar refractivity (Wildman–Crippen MR) is 24.5 cm³/mol. The van der Waals surface area contributed by atoms with Crippen molar-refractivity contribution in [1.82, 2.24) is 0 Å². The molecule has 0 aromatic heterocycles. The standard InChI is InChI=1S/C2H6BNO3/c4-1-2(5)7-3-6/h3,6H,1,4H2. The molecule has 0 aliphatic heterocycles. The second-order valence-electron chi connectivity index (χ2n) is 0.850. The highest BCUT2D eigenvalue weighted by molar-refractivity contribution is 6.20. The first-order valence-electron chi connectivity index (χ1n) is 1.77. The van der Waals surface area contributed by atoms with Crippen LogP contribution >= 0.6 is 0 Å². The predicted octanol–water partition coefficient (Wildman–Crippen LogP) is -2.25. The van der Waals surface area contributed by atoms with Crippen molar-refractivity contribution in [3.63, 3.8) is 0 Å². The van der Waals surface area contributed by atoms with Gasteiger partial charge < -0.3 is 15.4 Å². The topological polar surface area (TPSA) is 72.6 Å². The van der Waals surface area contributed by atoms with Crippen LogP contribution in [0.15, 0.2) is 0 Å². The van der Waals surface area contributed by atoms with E-state index in [9.17, 15) is 4.79 Å². The summed E-state index contributed by atoms with van der Waals surface area (Å²) >= 11 is 0. The molecule has 0 heterocycles. The van der Waals surface area contributed by atoms with Gasteiger partial charge in [-0.2, -0.15) is 0 Å². The van der Waals surface area contributed by atoms with Crippen LogP contribution in [0, 0.1) is 0 Å². The molecule has 0 aliphatic carbocycles. The lowest BCUT2D eigenvalue weighted by atomic mass is 10.4. The number of rotatable bonds is 2. The first kappa shape index (κ1) is 6.45. The van der Waals surface area contributed by atoms with Crippen molar-refractivity contribution in [2.45, 2.75) is 0 Å². The summed E-state index contributed by atoms with van der Waals surface area (Å²) in [4.78, 5) is 9.90. The molecule has 0 saturated carbocycles. The summed E-state index contributed by atoms with van der Waals surface area (Å²) in [6, 6.07) is 0. The molecule has 0 unspecified atom stereocenters. The number of hydrogen-bond acceptors (Lipinski definition) is 4. The smallest absolute Gasteiger partial charge is 0.506 e. The fourth-order valence-electron chi connectivity index (χ4n) is 0.131. The Morgan fingerprint density at radius 3 is 2.71 bits per heavy atom. The quantitative estimate of drug-likeness (QED) is 0.387. The lowest BCUT2D eigenvalue weighted by molar-refractivity contribution is -0.133. The van der Waals surface area contributed by atoms with Crippen molar-refractivity contribution in [1.29, 1.82) is 0 Å². The third kappa shape index (κ3) is 3.28. The van der Waals surface area contributed by atoms with E-state index in [0.29, 0.717) is 0 Å². The highest BCUT2D eigenvalue weighted by atomic mass is 16.6. The van der Waals surface area contributed by atoms with Crippen molar-refractivity contribution in [3.05, 3.63) is 0 Å². The minimum absolute atomic E-state index is 0.180. The molecule has 0 radical (unpaired) electrons. The highest BCUT2D eigenvalue weighted by Gasteiger charge is 1.94. The van der Waals surface area contributed by atoms with Crippen molar-refractivity contribution in [2.24, 2.45) is 5.73 Å². The van der Waals surface area contributed by atoms with E-state index in [1.165, 1.54) is 0 Å². The van der Waals surface area contributed by atoms with E-state index in [2.05, 4.69) is 4.65 Å². The molecule has 0 aliphatic rings. The number of carbonyl (C=O) groups is 1. The third-order valence-corrected chi connectivity index (χ3v) is 0.392. The molecule has 0 saturated heterocycles. The zero-order chi connectivity index (χ0) is 5.70. The van der Waals surface area contributed by atoms with E-state index < -0.39 is 13.7 Å². The van der Waals surface area contributed by atoms with Gasteiger partial charge in [0, 0.05) is 0 Å². The van der Waals surface area contributed by atoms with Crippen LogP contribution in [0.3, 0.4) is 0 Å². The minimum Gasteiger partial charge on any atom is -0.511 e. The van der Waals surface area contributed by atoms with Gasteiger partial charge in [0.05, 0.1) is 6.54 Å². The van der Waals surface area contributed by atoms with Crippen LogP contribution in [-0.4, -0.2) is 25.2 Å². The average Bonchev–Trinajstić information content (AvgIpc) is 1.68. The number of hydrogen-bond donors (Lipinski definition) is 2. The van der Waals surface area contributed by atoms with Crippen LogP contribution in [0.2, 0.25) is 0 Å². The summed E-state index contributed by atoms with van der Waals surface area (Å²) < 4.78 is 3.98. The second-order valence-corrected chi connectivity index (χ2v) is 0.850. The fraction of sp³-hybridized carbons (Fsp3) is 0.500. The van der Waals surface area contributed by atoms with Gasteiger partial charge in [-0.1, -0.05) is 0 Å². The van der Waals surface area contributed by atoms with Gasteiger partial charge in [0.2, 0.25) is 0 Å². The van der Waals surface area contributed by atoms with Crippen LogP contribution in [0.25, 0.3) is 0 Å². The molecular weight excluding hydrogens is 96.8 g/mol. The third-order valence-electron chi connectivity index (χ3n) is 0.392. The van der Waals surface area contributed by atoms with Crippen molar-refractivity contribution >= 4 is 13.7 Å². The van der Waals surface area contributed by atoms with Crippen LogP contribution in [0.4, 0.5) is 0 Å². The molecule has 0 bridgehead atoms. The summed E-state index contributed by atoms with van der Waals surface area (Å²) in [5.41, 5.74) is 4.77. The van der Waals surface area contributed by atoms with E-state index in [1.54, 1.807) is 0 Å². The van der Waals surface area contributed by atoms with Crippen LogP contribution < -0.4 is 5.73 Å². The van der Waals surface area contributed by atoms with Gasteiger partial charge >= 0.3 is 13.7 Å². The van der Waals surface area contributed by atoms with Gasteiger partial charge in [-0.15, -0.1) is 0 Å². The van der Waals surface area contributed by atoms with Gasteiger partial charge in [-0.25, -0.2) is 0 Å². The van der Waals surface area contributed by atoms with Crippen molar-refractivity contribution in [3.8, 4) is 0 Å². The summed E-state index contributed by atoms with van der Waals surface area (Å²) in [5, 5.41) is 7.87. The summed E-state index contributed by atoms with van der Waals surface area (Å²) in [7, 11) is -0.587. The molecular formula is C2H6BNO3. The monoisotopic (exact) mass is 103 g/mol. The molecule has 3 N–H and O–H groups in total. The minimum atomic E-state index is -0.595. The molecule has 0 aromatic carbocycles. The summed E-state index contributed by atoms with van der Waals surface area (Å²) in [5.74, 6) is -0.595. The zero-order valence-electron chi connectivity index (χ0n) is 3.76. The zero-order valence-corrected chi connectivity index (χ0v) is 3.76. The van der Waals surface area contributed by atoms with Crippen molar-refractivity contribution < 1.29 is 14.5 Å². The largest absolute Gasteiger partial charge is 0.511 e. The lowest BCUT2D eigenvalue weighted by Crippen LogP contribution is -2.18. The van der Waals surface area contributed by atoms with Gasteiger partial charge in [-0.3, -0.25) is 4.79 Å². The van der Waals surface area contributed by atoms with Crippen LogP contribution in [0.5, 0.6) is 0 Å². The summed E-state index contributed by atoms with van der Waals surface area (Å²) in [6.07, 6.45) is 0. The average molecular weight is 103 g/mol. The van der Waals surface area contributed by atoms with Gasteiger partial charge in [0.15, 0.2) is 0 Å². The molecule has 5 heteroatoms. The summed E-state index contributed by atoms with van der Waals surface area (Å²) in [6.45, 7) is -0.180. The number of carbonyl (C=O) groups excluding carboxylic acids is 1. The maximum Gasteiger partial charge on any atom is 0.506 e. The van der Waals surface area contributed by atoms with Crippen molar-refractivity contribution in [2.75, 3.05) is 6.54 Å². The normalized spacial score (nSPS) is 7.71. The fourth-order valence-corrected chi connectivity index (χ4v) is 0.131. The SMILES string of the molecule is NCC(=O)OBO. The molecule has 40 valence electrons. The Kier molecular flexibility index (Phi) is 3.35. The highest BCUT2D eigenvalue weighted by Crippen LogP contribution is 1.64. The molecule has 0 spiro atoms. The maximum atomic E-state index is 9.90. The van der Waals surface area contributed by atoms with E-state index in [4.69, 9.17) is 10.8 Å². The Labute approximate surface area is 41.6 Å². The van der Waals surface area contributed by atoms with E-state index >= 15 is 0 Å². The Hall–Kier alpha value is -0.545. The first-order valence-corrected chi connectivity index (χ1v) is 1.77. The maximum absolute atomic E-state index is 9.90. The lowest BCUT2D eigenvalue weighted by Gasteiger charge is -1.92. The van der Waals surface area contributed by atoms with E-state index in [0.717, 1.165) is 0 Å². The molecule has 0 atom stereocenters. The van der Waals surface area contributed by atoms with Gasteiger partial charge in [0.25, 0.3) is 0 Å². The van der Waals surface area contributed by atoms with Crippen LogP contribution in [-0.2, 0) is 9.45 Å². The molecule has 0 fully saturated rings. The molecule has 0 aromatic rings. The Bertz CT molecular complexity index is 66.0. The molecule has 7 heavy (non-hydrogen) atoms. The van der Waals surface area contributed by atoms with Gasteiger partial charge in [-0.05, 0) is 0 Å². The molecule has 0 amide bonds. The van der Waals surface area contributed by atoms with Gasteiger partial charge in [0.1, 0.15) is 0 Å². The van der Waals surface area contributed by atoms with E-state index in [1.807, 2.05) is 0 Å². The molecule has 4 nitrogen and oxygen atoms in total. The Morgan fingerprint density at radius 1 is 2.00 bits per heavy atom. The second kappa shape index (κ2) is 3.64. The van der Waals surface area contributed by atoms with Crippen LogP contribution in [0.1, 0.15) is 0 Å². The molecule has 0 rings (SSSR count). The van der Waals surface area contributed by atoms with E-state index in [-0.39, 0.29) is 6.54 Å².